The van der Waals surface area contributed by atoms with Gasteiger partial charge >= 0.3 is 0 Å². The maximum Gasteiger partial charge on any atom is 0.272 e. The Morgan fingerprint density at radius 2 is 1.65 bits per heavy atom. The first-order chi connectivity index (χ1) is 14.9. The predicted octanol–water partition coefficient (Wildman–Crippen LogP) is 4.49. The van der Waals surface area contributed by atoms with Crippen LogP contribution < -0.4 is 20.1 Å². The molecule has 7 heteroatoms. The predicted molar refractivity (Wildman–Crippen MR) is 118 cm³/mol. The van der Waals surface area contributed by atoms with Crippen LogP contribution in [0.2, 0.25) is 0 Å². The van der Waals surface area contributed by atoms with E-state index in [1.807, 2.05) is 13.8 Å². The maximum atomic E-state index is 12.9. The number of carbonyl (C=O) groups is 2. The summed E-state index contributed by atoms with van der Waals surface area (Å²) in [5.74, 6) is 0.839. The summed E-state index contributed by atoms with van der Waals surface area (Å²) in [6, 6.07) is 16.9. The number of hydrogen-bond acceptors (Lipinski definition) is 5. The van der Waals surface area contributed by atoms with Gasteiger partial charge in [-0.05, 0) is 74.5 Å². The summed E-state index contributed by atoms with van der Waals surface area (Å²) >= 11 is 0. The number of rotatable bonds is 8. The van der Waals surface area contributed by atoms with Crippen LogP contribution in [0, 0.1) is 0 Å². The van der Waals surface area contributed by atoms with Crippen molar-refractivity contribution in [3.8, 4) is 11.5 Å². The molecular formula is C24H24N2O5. The number of furan rings is 1. The van der Waals surface area contributed by atoms with Gasteiger partial charge in [0, 0.05) is 17.3 Å². The zero-order valence-electron chi connectivity index (χ0n) is 17.5. The summed E-state index contributed by atoms with van der Waals surface area (Å²) in [7, 11) is 1.55. The van der Waals surface area contributed by atoms with E-state index in [9.17, 15) is 9.59 Å². The molecule has 160 valence electrons. The molecule has 3 rings (SSSR count). The van der Waals surface area contributed by atoms with Gasteiger partial charge in [-0.1, -0.05) is 0 Å². The molecule has 0 radical (unpaired) electrons. The van der Waals surface area contributed by atoms with Gasteiger partial charge in [0.15, 0.2) is 0 Å². The molecule has 2 N–H and O–H groups in total. The van der Waals surface area contributed by atoms with Crippen molar-refractivity contribution in [2.75, 3.05) is 12.4 Å². The summed E-state index contributed by atoms with van der Waals surface area (Å²) in [6.45, 7) is 3.87. The zero-order chi connectivity index (χ0) is 22.2. The minimum Gasteiger partial charge on any atom is -0.497 e. The molecule has 7 nitrogen and oxygen atoms in total. The van der Waals surface area contributed by atoms with E-state index in [0.29, 0.717) is 28.5 Å². The Bertz CT molecular complexity index is 1040. The molecule has 0 aliphatic rings. The Kier molecular flexibility index (Phi) is 7.11. The van der Waals surface area contributed by atoms with Gasteiger partial charge in [0.1, 0.15) is 23.0 Å². The molecule has 0 atom stereocenters. The van der Waals surface area contributed by atoms with E-state index in [1.54, 1.807) is 67.8 Å². The van der Waals surface area contributed by atoms with Crippen LogP contribution in [0.4, 0.5) is 5.69 Å². The molecule has 0 fully saturated rings. The molecule has 3 aromatic rings. The molecule has 0 bridgehead atoms. The molecule has 0 aliphatic heterocycles. The second kappa shape index (κ2) is 10.2. The second-order valence-electron chi connectivity index (χ2n) is 6.90. The summed E-state index contributed by atoms with van der Waals surface area (Å²) in [5, 5.41) is 5.42. The van der Waals surface area contributed by atoms with Gasteiger partial charge in [-0.25, -0.2) is 0 Å². The van der Waals surface area contributed by atoms with Crippen molar-refractivity contribution in [1.82, 2.24) is 5.32 Å². The van der Waals surface area contributed by atoms with E-state index in [1.165, 1.54) is 12.3 Å². The first-order valence-corrected chi connectivity index (χ1v) is 9.73. The molecule has 1 heterocycles. The second-order valence-corrected chi connectivity index (χ2v) is 6.90. The molecular weight excluding hydrogens is 396 g/mol. The van der Waals surface area contributed by atoms with E-state index < -0.39 is 11.8 Å². The highest BCUT2D eigenvalue weighted by atomic mass is 16.5. The van der Waals surface area contributed by atoms with Crippen LogP contribution >= 0.6 is 0 Å². The molecule has 0 saturated heterocycles. The summed E-state index contributed by atoms with van der Waals surface area (Å²) in [5.41, 5.74) is 0.984. The van der Waals surface area contributed by atoms with Crippen LogP contribution in [0.3, 0.4) is 0 Å². The van der Waals surface area contributed by atoms with Crippen LogP contribution in [-0.4, -0.2) is 25.0 Å². The highest BCUT2D eigenvalue weighted by molar-refractivity contribution is 6.10. The monoisotopic (exact) mass is 420 g/mol. The molecule has 0 spiro atoms. The molecule has 31 heavy (non-hydrogen) atoms. The van der Waals surface area contributed by atoms with Gasteiger partial charge < -0.3 is 24.5 Å². The van der Waals surface area contributed by atoms with Crippen LogP contribution in [0.1, 0.15) is 30.0 Å². The van der Waals surface area contributed by atoms with E-state index in [0.717, 1.165) is 0 Å². The number of amides is 2. The quantitative estimate of drug-likeness (QED) is 0.524. The maximum absolute atomic E-state index is 12.9. The first-order valence-electron chi connectivity index (χ1n) is 9.73. The average Bonchev–Trinajstić information content (AvgIpc) is 3.27. The summed E-state index contributed by atoms with van der Waals surface area (Å²) in [4.78, 5) is 25.5. The van der Waals surface area contributed by atoms with Crippen molar-refractivity contribution >= 4 is 23.6 Å². The van der Waals surface area contributed by atoms with Crippen molar-refractivity contribution in [2.45, 2.75) is 20.0 Å². The number of ether oxygens (including phenoxy) is 2. The normalized spacial score (nSPS) is 11.2. The largest absolute Gasteiger partial charge is 0.497 e. The minimum atomic E-state index is -0.490. The first kappa shape index (κ1) is 21.7. The van der Waals surface area contributed by atoms with Gasteiger partial charge in [0.25, 0.3) is 11.8 Å². The number of anilines is 1. The molecule has 2 amide bonds. The smallest absolute Gasteiger partial charge is 0.272 e. The van der Waals surface area contributed by atoms with Gasteiger partial charge in [0.05, 0.1) is 19.5 Å². The fourth-order valence-corrected chi connectivity index (χ4v) is 2.70. The Labute approximate surface area is 180 Å². The van der Waals surface area contributed by atoms with Crippen molar-refractivity contribution in [1.29, 1.82) is 0 Å². The highest BCUT2D eigenvalue weighted by Crippen LogP contribution is 2.18. The number of methoxy groups -OCH3 is 1. The van der Waals surface area contributed by atoms with Crippen LogP contribution in [0.15, 0.2) is 77.0 Å². The lowest BCUT2D eigenvalue weighted by atomic mass is 10.2. The topological polar surface area (TPSA) is 89.8 Å². The number of carbonyl (C=O) groups excluding carboxylic acids is 2. The lowest BCUT2D eigenvalue weighted by Crippen LogP contribution is -2.30. The van der Waals surface area contributed by atoms with Gasteiger partial charge in [0.2, 0.25) is 0 Å². The highest BCUT2D eigenvalue weighted by Gasteiger charge is 2.16. The third-order valence-electron chi connectivity index (χ3n) is 4.16. The Morgan fingerprint density at radius 3 is 2.23 bits per heavy atom. The Hall–Kier alpha value is -4.00. The van der Waals surface area contributed by atoms with Gasteiger partial charge in [-0.15, -0.1) is 0 Å². The molecule has 2 aromatic carbocycles. The average molecular weight is 420 g/mol. The Balaban J connectivity index is 1.76. The van der Waals surface area contributed by atoms with Crippen LogP contribution in [-0.2, 0) is 4.79 Å². The van der Waals surface area contributed by atoms with Crippen molar-refractivity contribution in [2.24, 2.45) is 0 Å². The van der Waals surface area contributed by atoms with Crippen molar-refractivity contribution in [3.05, 3.63) is 83.9 Å². The lowest BCUT2D eigenvalue weighted by molar-refractivity contribution is -0.113. The Morgan fingerprint density at radius 1 is 0.968 bits per heavy atom. The van der Waals surface area contributed by atoms with Crippen molar-refractivity contribution < 1.29 is 23.5 Å². The molecule has 1 aromatic heterocycles. The van der Waals surface area contributed by atoms with E-state index in [2.05, 4.69) is 10.6 Å². The van der Waals surface area contributed by atoms with E-state index >= 15 is 0 Å². The fraction of sp³-hybridized carbons (Fsp3) is 0.167. The van der Waals surface area contributed by atoms with Crippen molar-refractivity contribution in [3.63, 3.8) is 0 Å². The van der Waals surface area contributed by atoms with E-state index in [4.69, 9.17) is 13.9 Å². The lowest BCUT2D eigenvalue weighted by Gasteiger charge is -2.12. The standard InChI is InChI=1S/C24H24N2O5/c1-16(2)31-20-12-8-18(9-13-20)25-24(28)22(15-21-5-4-14-30-21)26-23(27)17-6-10-19(29-3)11-7-17/h4-16H,1-3H3,(H,25,28)(H,26,27)/b22-15-. The van der Waals surface area contributed by atoms with E-state index in [-0.39, 0.29) is 11.8 Å². The third-order valence-corrected chi connectivity index (χ3v) is 4.16. The molecule has 0 aliphatic carbocycles. The fourth-order valence-electron chi connectivity index (χ4n) is 2.70. The van der Waals surface area contributed by atoms with Crippen LogP contribution in [0.5, 0.6) is 11.5 Å². The SMILES string of the molecule is COc1ccc(C(=O)N/C(=C\c2ccco2)C(=O)Nc2ccc(OC(C)C)cc2)cc1. The number of hydrogen-bond donors (Lipinski definition) is 2. The number of benzene rings is 2. The van der Waals surface area contributed by atoms with Gasteiger partial charge in [-0.2, -0.15) is 0 Å². The number of nitrogens with one attached hydrogen (secondary N) is 2. The molecule has 0 saturated carbocycles. The summed E-state index contributed by atoms with van der Waals surface area (Å²) < 4.78 is 16.0. The van der Waals surface area contributed by atoms with Crippen LogP contribution in [0.25, 0.3) is 6.08 Å². The zero-order valence-corrected chi connectivity index (χ0v) is 17.5. The van der Waals surface area contributed by atoms with Gasteiger partial charge in [-0.3, -0.25) is 9.59 Å². The summed E-state index contributed by atoms with van der Waals surface area (Å²) in [6.07, 6.45) is 3.00. The minimum absolute atomic E-state index is 0.0401. The third kappa shape index (κ3) is 6.24. The molecule has 0 unspecified atom stereocenters.